The monoisotopic (exact) mass is 180 g/mol. The zero-order valence-corrected chi connectivity index (χ0v) is 7.41. The van der Waals surface area contributed by atoms with Crippen LogP contribution >= 0.6 is 22.7 Å². The lowest BCUT2D eigenvalue weighted by Gasteiger charge is -1.84. The van der Waals surface area contributed by atoms with Gasteiger partial charge in [-0.1, -0.05) is 6.07 Å². The van der Waals surface area contributed by atoms with Crippen molar-refractivity contribution in [2.45, 2.75) is 0 Å². The molecule has 11 heavy (non-hydrogen) atoms. The lowest BCUT2D eigenvalue weighted by molar-refractivity contribution is 1.36. The average Bonchev–Trinajstić information content (AvgIpc) is 2.55. The smallest absolute Gasteiger partial charge is 0.133 e. The molecular weight excluding hydrogens is 174 g/mol. The first-order valence-corrected chi connectivity index (χ1v) is 4.93. The Hall–Kier alpha value is -0.670. The number of thiazole rings is 1. The van der Waals surface area contributed by atoms with E-state index in [0.717, 1.165) is 10.7 Å². The van der Waals surface area contributed by atoms with Gasteiger partial charge in [-0.3, -0.25) is 0 Å². The van der Waals surface area contributed by atoms with Gasteiger partial charge >= 0.3 is 0 Å². The Balaban J connectivity index is 2.45. The Kier molecular flexibility index (Phi) is 1.75. The predicted octanol–water partition coefficient (Wildman–Crippen LogP) is 3.05. The molecule has 0 saturated heterocycles. The van der Waals surface area contributed by atoms with Crippen molar-refractivity contribution in [2.24, 2.45) is 0 Å². The van der Waals surface area contributed by atoms with E-state index >= 15 is 0 Å². The quantitative estimate of drug-likeness (QED) is 0.657. The fourth-order valence-corrected chi connectivity index (χ4v) is 2.37. The second kappa shape index (κ2) is 2.75. The molecule has 3 heteroatoms. The summed E-state index contributed by atoms with van der Waals surface area (Å²) in [5, 5.41) is 5.10. The van der Waals surface area contributed by atoms with Crippen LogP contribution in [0.15, 0.2) is 22.9 Å². The fourth-order valence-electron chi connectivity index (χ4n) is 0.820. The van der Waals surface area contributed by atoms with Crippen molar-refractivity contribution in [2.75, 3.05) is 0 Å². The van der Waals surface area contributed by atoms with E-state index in [9.17, 15) is 0 Å². The van der Waals surface area contributed by atoms with Gasteiger partial charge in [-0.15, -0.1) is 22.7 Å². The van der Waals surface area contributed by atoms with Gasteiger partial charge in [-0.2, -0.15) is 0 Å². The summed E-state index contributed by atoms with van der Waals surface area (Å²) in [7, 11) is 0. The maximum Gasteiger partial charge on any atom is 0.133 e. The van der Waals surface area contributed by atoms with Crippen molar-refractivity contribution in [3.05, 3.63) is 35.5 Å². The van der Waals surface area contributed by atoms with Crippen LogP contribution in [0.1, 0.15) is 5.69 Å². The molecule has 0 unspecified atom stereocenters. The minimum atomic E-state index is 0.860. The van der Waals surface area contributed by atoms with Gasteiger partial charge in [0.05, 0.1) is 10.6 Å². The van der Waals surface area contributed by atoms with Crippen molar-refractivity contribution in [3.8, 4) is 9.88 Å². The Bertz CT molecular complexity index is 335. The van der Waals surface area contributed by atoms with Gasteiger partial charge in [0.2, 0.25) is 0 Å². The molecule has 0 aliphatic rings. The minimum Gasteiger partial charge on any atom is -0.240 e. The van der Waals surface area contributed by atoms with E-state index in [1.807, 2.05) is 11.4 Å². The van der Waals surface area contributed by atoms with Crippen LogP contribution in [0.25, 0.3) is 9.88 Å². The molecule has 2 aromatic rings. The first-order chi connectivity index (χ1) is 5.36. The molecule has 0 aliphatic heterocycles. The van der Waals surface area contributed by atoms with Crippen molar-refractivity contribution in [1.82, 2.24) is 4.98 Å². The van der Waals surface area contributed by atoms with Gasteiger partial charge in [-0.05, 0) is 18.4 Å². The van der Waals surface area contributed by atoms with E-state index in [4.69, 9.17) is 0 Å². The molecule has 0 atom stereocenters. The molecular formula is C8H6NS2. The maximum absolute atomic E-state index is 4.27. The van der Waals surface area contributed by atoms with Crippen LogP contribution in [0.2, 0.25) is 0 Å². The zero-order chi connectivity index (χ0) is 7.68. The van der Waals surface area contributed by atoms with Crippen LogP contribution < -0.4 is 0 Å². The number of hydrogen-bond donors (Lipinski definition) is 0. The molecule has 0 amide bonds. The molecule has 0 aliphatic carbocycles. The number of hydrogen-bond acceptors (Lipinski definition) is 3. The zero-order valence-electron chi connectivity index (χ0n) is 5.78. The SMILES string of the molecule is [CH2]c1csc(-c2cccs2)n1. The third-order valence-electron chi connectivity index (χ3n) is 1.28. The highest BCUT2D eigenvalue weighted by atomic mass is 32.1. The van der Waals surface area contributed by atoms with E-state index in [1.165, 1.54) is 4.88 Å². The van der Waals surface area contributed by atoms with Gasteiger partial charge < -0.3 is 0 Å². The highest BCUT2D eigenvalue weighted by Gasteiger charge is 2.01. The molecule has 2 heterocycles. The van der Waals surface area contributed by atoms with E-state index in [0.29, 0.717) is 0 Å². The number of aromatic nitrogens is 1. The molecule has 55 valence electrons. The van der Waals surface area contributed by atoms with Crippen molar-refractivity contribution in [1.29, 1.82) is 0 Å². The molecule has 0 spiro atoms. The van der Waals surface area contributed by atoms with Gasteiger partial charge in [0.15, 0.2) is 0 Å². The predicted molar refractivity (Wildman–Crippen MR) is 49.9 cm³/mol. The van der Waals surface area contributed by atoms with Gasteiger partial charge in [0, 0.05) is 5.38 Å². The second-order valence-electron chi connectivity index (χ2n) is 2.12. The third-order valence-corrected chi connectivity index (χ3v) is 3.21. The third kappa shape index (κ3) is 1.34. The Morgan fingerprint density at radius 1 is 1.36 bits per heavy atom. The largest absolute Gasteiger partial charge is 0.240 e. The lowest BCUT2D eigenvalue weighted by Crippen LogP contribution is -1.69. The van der Waals surface area contributed by atoms with Gasteiger partial charge in [0.25, 0.3) is 0 Å². The maximum atomic E-state index is 4.27. The van der Waals surface area contributed by atoms with Crippen LogP contribution in [0, 0.1) is 6.92 Å². The van der Waals surface area contributed by atoms with Crippen LogP contribution in [0.4, 0.5) is 0 Å². The lowest BCUT2D eigenvalue weighted by atomic mass is 10.5. The standard InChI is InChI=1S/C8H6NS2/c1-6-5-11-8(9-6)7-3-2-4-10-7/h2-5H,1H2. The minimum absolute atomic E-state index is 0.860. The van der Waals surface area contributed by atoms with Gasteiger partial charge in [-0.25, -0.2) is 4.98 Å². The van der Waals surface area contributed by atoms with Gasteiger partial charge in [0.1, 0.15) is 5.01 Å². The summed E-state index contributed by atoms with van der Waals surface area (Å²) in [6.45, 7) is 3.76. The van der Waals surface area contributed by atoms with Crippen LogP contribution in [0.3, 0.4) is 0 Å². The van der Waals surface area contributed by atoms with Crippen molar-refractivity contribution in [3.63, 3.8) is 0 Å². The highest BCUT2D eigenvalue weighted by Crippen LogP contribution is 2.27. The number of nitrogens with zero attached hydrogens (tertiary/aromatic N) is 1. The molecule has 0 saturated carbocycles. The second-order valence-corrected chi connectivity index (χ2v) is 3.93. The summed E-state index contributed by atoms with van der Waals surface area (Å²) >= 11 is 3.35. The topological polar surface area (TPSA) is 12.9 Å². The normalized spacial score (nSPS) is 10.3. The Labute approximate surface area is 73.4 Å². The Morgan fingerprint density at radius 3 is 2.82 bits per heavy atom. The summed E-state index contributed by atoms with van der Waals surface area (Å²) in [5.41, 5.74) is 0.860. The fraction of sp³-hybridized carbons (Fsp3) is 0. The van der Waals surface area contributed by atoms with E-state index in [1.54, 1.807) is 22.7 Å². The molecule has 2 rings (SSSR count). The molecule has 0 N–H and O–H groups in total. The molecule has 1 radical (unpaired) electrons. The number of rotatable bonds is 1. The average molecular weight is 180 g/mol. The van der Waals surface area contributed by atoms with E-state index in [-0.39, 0.29) is 0 Å². The van der Waals surface area contributed by atoms with Crippen LogP contribution in [-0.2, 0) is 0 Å². The first kappa shape index (κ1) is 7.00. The number of thiophene rings is 1. The van der Waals surface area contributed by atoms with E-state index in [2.05, 4.69) is 23.4 Å². The summed E-state index contributed by atoms with van der Waals surface area (Å²) in [6, 6.07) is 4.10. The first-order valence-electron chi connectivity index (χ1n) is 3.17. The van der Waals surface area contributed by atoms with Crippen molar-refractivity contribution >= 4 is 22.7 Å². The Morgan fingerprint density at radius 2 is 2.27 bits per heavy atom. The van der Waals surface area contributed by atoms with E-state index < -0.39 is 0 Å². The van der Waals surface area contributed by atoms with Crippen LogP contribution in [-0.4, -0.2) is 4.98 Å². The summed E-state index contributed by atoms with van der Waals surface area (Å²) in [5.74, 6) is 0. The molecule has 1 nitrogen and oxygen atoms in total. The van der Waals surface area contributed by atoms with Crippen LogP contribution in [0.5, 0.6) is 0 Å². The molecule has 0 aromatic carbocycles. The summed E-state index contributed by atoms with van der Waals surface area (Å²) in [6.07, 6.45) is 0. The summed E-state index contributed by atoms with van der Waals surface area (Å²) in [4.78, 5) is 5.50. The highest BCUT2D eigenvalue weighted by molar-refractivity contribution is 7.20. The molecule has 0 fully saturated rings. The van der Waals surface area contributed by atoms with Crippen molar-refractivity contribution < 1.29 is 0 Å². The molecule has 2 aromatic heterocycles. The summed E-state index contributed by atoms with van der Waals surface area (Å²) < 4.78 is 0. The molecule has 0 bridgehead atoms.